The molecule has 100 valence electrons. The molecule has 0 radical (unpaired) electrons. The third-order valence-corrected chi connectivity index (χ3v) is 3.36. The van der Waals surface area contributed by atoms with Crippen molar-refractivity contribution in [1.82, 2.24) is 4.90 Å². The van der Waals surface area contributed by atoms with Gasteiger partial charge in [-0.15, -0.1) is 0 Å². The molecule has 0 amide bonds. The lowest BCUT2D eigenvalue weighted by Gasteiger charge is -2.32. The average molecular weight is 241 g/mol. The molecule has 1 rings (SSSR count). The Kier molecular flexibility index (Phi) is 5.60. The normalized spacial score (nSPS) is 22.7. The highest BCUT2D eigenvalue weighted by Gasteiger charge is 2.24. The summed E-state index contributed by atoms with van der Waals surface area (Å²) in [6.45, 7) is 11.8. The lowest BCUT2D eigenvalue weighted by atomic mass is 9.89. The minimum absolute atomic E-state index is 0.199. The number of likely N-dealkylation sites (tertiary alicyclic amines) is 1. The number of hydrogen-bond acceptors (Lipinski definition) is 3. The minimum atomic E-state index is -0.199. The van der Waals surface area contributed by atoms with Gasteiger partial charge >= 0.3 is 0 Å². The van der Waals surface area contributed by atoms with Gasteiger partial charge in [0.25, 0.3) is 0 Å². The van der Waals surface area contributed by atoms with Crippen LogP contribution in [-0.2, 0) is 9.53 Å². The number of ketones is 1. The third-order valence-electron chi connectivity index (χ3n) is 3.36. The molecule has 0 N–H and O–H groups in total. The van der Waals surface area contributed by atoms with Crippen LogP contribution < -0.4 is 0 Å². The SMILES string of the molecule is CCOC1CCCN(CCC(=O)C(C)(C)C)C1. The van der Waals surface area contributed by atoms with Crippen LogP contribution in [0.25, 0.3) is 0 Å². The standard InChI is InChI=1S/C14H27NO2/c1-5-17-12-7-6-9-15(11-12)10-8-13(16)14(2,3)4/h12H,5-11H2,1-4H3. The van der Waals surface area contributed by atoms with E-state index < -0.39 is 0 Å². The number of carbonyl (C=O) groups excluding carboxylic acids is 1. The molecule has 0 bridgehead atoms. The molecule has 0 aromatic rings. The zero-order valence-electron chi connectivity index (χ0n) is 11.8. The second-order valence-electron chi connectivity index (χ2n) is 5.94. The van der Waals surface area contributed by atoms with E-state index >= 15 is 0 Å². The second kappa shape index (κ2) is 6.50. The predicted molar refractivity (Wildman–Crippen MR) is 70.2 cm³/mol. The summed E-state index contributed by atoms with van der Waals surface area (Å²) in [5.74, 6) is 0.357. The van der Waals surface area contributed by atoms with Gasteiger partial charge in [-0.3, -0.25) is 4.79 Å². The van der Waals surface area contributed by atoms with Crippen LogP contribution in [0.4, 0.5) is 0 Å². The van der Waals surface area contributed by atoms with Gasteiger partial charge in [0, 0.05) is 31.5 Å². The van der Waals surface area contributed by atoms with Crippen molar-refractivity contribution in [3.05, 3.63) is 0 Å². The van der Waals surface area contributed by atoms with Gasteiger partial charge in [-0.05, 0) is 26.3 Å². The summed E-state index contributed by atoms with van der Waals surface area (Å²) in [5, 5.41) is 0. The maximum atomic E-state index is 11.9. The Morgan fingerprint density at radius 1 is 1.41 bits per heavy atom. The van der Waals surface area contributed by atoms with Crippen molar-refractivity contribution in [3.8, 4) is 0 Å². The van der Waals surface area contributed by atoms with Crippen LogP contribution in [0, 0.1) is 5.41 Å². The van der Waals surface area contributed by atoms with Gasteiger partial charge in [0.05, 0.1) is 6.10 Å². The maximum Gasteiger partial charge on any atom is 0.139 e. The van der Waals surface area contributed by atoms with Gasteiger partial charge in [0.15, 0.2) is 0 Å². The first-order chi connectivity index (χ1) is 7.93. The van der Waals surface area contributed by atoms with Crippen LogP contribution in [0.2, 0.25) is 0 Å². The molecule has 1 unspecified atom stereocenters. The number of nitrogens with zero attached hydrogens (tertiary/aromatic N) is 1. The highest BCUT2D eigenvalue weighted by molar-refractivity contribution is 5.83. The topological polar surface area (TPSA) is 29.5 Å². The van der Waals surface area contributed by atoms with Gasteiger partial charge in [0.1, 0.15) is 5.78 Å². The summed E-state index contributed by atoms with van der Waals surface area (Å²) in [6, 6.07) is 0. The van der Waals surface area contributed by atoms with Crippen LogP contribution in [0.3, 0.4) is 0 Å². The van der Waals surface area contributed by atoms with Crippen LogP contribution >= 0.6 is 0 Å². The van der Waals surface area contributed by atoms with Crippen molar-refractivity contribution in [3.63, 3.8) is 0 Å². The number of piperidine rings is 1. The fourth-order valence-electron chi connectivity index (χ4n) is 2.22. The quantitative estimate of drug-likeness (QED) is 0.740. The van der Waals surface area contributed by atoms with Crippen molar-refractivity contribution in [1.29, 1.82) is 0 Å². The van der Waals surface area contributed by atoms with Gasteiger partial charge < -0.3 is 9.64 Å². The minimum Gasteiger partial charge on any atom is -0.377 e. The lowest BCUT2D eigenvalue weighted by Crippen LogP contribution is -2.41. The van der Waals surface area contributed by atoms with Crippen LogP contribution in [0.15, 0.2) is 0 Å². The van der Waals surface area contributed by atoms with E-state index in [-0.39, 0.29) is 5.41 Å². The van der Waals surface area contributed by atoms with E-state index in [2.05, 4.69) is 4.90 Å². The van der Waals surface area contributed by atoms with Crippen LogP contribution in [-0.4, -0.2) is 43.0 Å². The Balaban J connectivity index is 2.29. The van der Waals surface area contributed by atoms with Crippen molar-refractivity contribution in [2.45, 2.75) is 53.1 Å². The molecule has 1 aliphatic rings. The van der Waals surface area contributed by atoms with Crippen LogP contribution in [0.1, 0.15) is 47.0 Å². The molecule has 1 heterocycles. The average Bonchev–Trinajstić information content (AvgIpc) is 2.25. The van der Waals surface area contributed by atoms with E-state index in [9.17, 15) is 4.79 Å². The highest BCUT2D eigenvalue weighted by atomic mass is 16.5. The number of Topliss-reactive ketones (excluding diaryl/α,β-unsaturated/α-hetero) is 1. The zero-order chi connectivity index (χ0) is 12.9. The zero-order valence-corrected chi connectivity index (χ0v) is 11.8. The maximum absolute atomic E-state index is 11.9. The second-order valence-corrected chi connectivity index (χ2v) is 5.94. The highest BCUT2D eigenvalue weighted by Crippen LogP contribution is 2.18. The fourth-order valence-corrected chi connectivity index (χ4v) is 2.22. The summed E-state index contributed by atoms with van der Waals surface area (Å²) < 4.78 is 5.66. The molecule has 1 saturated heterocycles. The third kappa shape index (κ3) is 5.17. The Morgan fingerprint density at radius 3 is 2.71 bits per heavy atom. The summed E-state index contributed by atoms with van der Waals surface area (Å²) in [6.07, 6.45) is 3.40. The Bertz CT molecular complexity index is 243. The number of rotatable bonds is 5. The monoisotopic (exact) mass is 241 g/mol. The molecule has 1 aliphatic heterocycles. The molecule has 1 atom stereocenters. The molecular weight excluding hydrogens is 214 g/mol. The van der Waals surface area contributed by atoms with Gasteiger partial charge in [-0.2, -0.15) is 0 Å². The van der Waals surface area contributed by atoms with Gasteiger partial charge in [-0.1, -0.05) is 20.8 Å². The fraction of sp³-hybridized carbons (Fsp3) is 0.929. The molecule has 0 aromatic carbocycles. The molecule has 0 saturated carbocycles. The van der Waals surface area contributed by atoms with Gasteiger partial charge in [0.2, 0.25) is 0 Å². The van der Waals surface area contributed by atoms with Crippen LogP contribution in [0.5, 0.6) is 0 Å². The molecule has 3 heteroatoms. The first-order valence-electron chi connectivity index (χ1n) is 6.80. The summed E-state index contributed by atoms with van der Waals surface area (Å²) in [4.78, 5) is 14.2. The molecular formula is C14H27NO2. The molecule has 0 spiro atoms. The molecule has 0 aromatic heterocycles. The molecule has 0 aliphatic carbocycles. The summed E-state index contributed by atoms with van der Waals surface area (Å²) in [5.41, 5.74) is -0.199. The van der Waals surface area contributed by atoms with E-state index in [0.29, 0.717) is 18.3 Å². The molecule has 17 heavy (non-hydrogen) atoms. The molecule has 1 fully saturated rings. The van der Waals surface area contributed by atoms with E-state index in [1.807, 2.05) is 27.7 Å². The number of ether oxygens (including phenoxy) is 1. The lowest BCUT2D eigenvalue weighted by molar-refractivity contribution is -0.126. The largest absolute Gasteiger partial charge is 0.377 e. The smallest absolute Gasteiger partial charge is 0.139 e. The Labute approximate surface area is 106 Å². The first kappa shape index (κ1) is 14.7. The Hall–Kier alpha value is -0.410. The molecule has 3 nitrogen and oxygen atoms in total. The predicted octanol–water partition coefficient (Wildman–Crippen LogP) is 2.49. The summed E-state index contributed by atoms with van der Waals surface area (Å²) in [7, 11) is 0. The van der Waals surface area contributed by atoms with E-state index in [4.69, 9.17) is 4.74 Å². The van der Waals surface area contributed by atoms with Crippen molar-refractivity contribution >= 4 is 5.78 Å². The van der Waals surface area contributed by atoms with Gasteiger partial charge in [-0.25, -0.2) is 0 Å². The van der Waals surface area contributed by atoms with E-state index in [1.54, 1.807) is 0 Å². The van der Waals surface area contributed by atoms with E-state index in [1.165, 1.54) is 6.42 Å². The van der Waals surface area contributed by atoms with Crippen molar-refractivity contribution in [2.24, 2.45) is 5.41 Å². The van der Waals surface area contributed by atoms with Crippen molar-refractivity contribution < 1.29 is 9.53 Å². The first-order valence-corrected chi connectivity index (χ1v) is 6.80. The van der Waals surface area contributed by atoms with E-state index in [0.717, 1.165) is 32.7 Å². The Morgan fingerprint density at radius 2 is 2.12 bits per heavy atom. The van der Waals surface area contributed by atoms with Crippen molar-refractivity contribution in [2.75, 3.05) is 26.2 Å². The number of carbonyl (C=O) groups is 1. The number of hydrogen-bond donors (Lipinski definition) is 0. The summed E-state index contributed by atoms with van der Waals surface area (Å²) >= 11 is 0.